The molecule has 0 aromatic carbocycles. The molecule has 0 aliphatic heterocycles. The van der Waals surface area contributed by atoms with Crippen molar-refractivity contribution in [2.75, 3.05) is 40.1 Å². The number of hydrogen-bond donors (Lipinski definition) is 2. The standard InChI is InChI=1S/C15H31N3O3S/c1-14(2,22(5,19)20)11-17-13(16-3)18-12-15(7-6-8-15)9-10-21-4/h6-12H2,1-5H3,(H2,16,17,18). The first kappa shape index (κ1) is 19.2. The molecule has 0 atom stereocenters. The summed E-state index contributed by atoms with van der Waals surface area (Å²) >= 11 is 0. The summed E-state index contributed by atoms with van der Waals surface area (Å²) in [6.45, 7) is 5.38. The number of rotatable bonds is 8. The van der Waals surface area contributed by atoms with E-state index in [0.29, 0.717) is 17.9 Å². The number of hydrogen-bond acceptors (Lipinski definition) is 4. The van der Waals surface area contributed by atoms with Crippen molar-refractivity contribution in [3.05, 3.63) is 0 Å². The van der Waals surface area contributed by atoms with E-state index in [-0.39, 0.29) is 0 Å². The van der Waals surface area contributed by atoms with Crippen LogP contribution in [0.3, 0.4) is 0 Å². The van der Waals surface area contributed by atoms with Crippen molar-refractivity contribution in [1.29, 1.82) is 0 Å². The Labute approximate surface area is 135 Å². The van der Waals surface area contributed by atoms with Crippen LogP contribution in [0.25, 0.3) is 0 Å². The van der Waals surface area contributed by atoms with Crippen molar-refractivity contribution in [3.8, 4) is 0 Å². The van der Waals surface area contributed by atoms with Gasteiger partial charge in [-0.15, -0.1) is 0 Å². The Kier molecular flexibility index (Phi) is 6.67. The van der Waals surface area contributed by atoms with Crippen LogP contribution in [0, 0.1) is 5.41 Å². The third kappa shape index (κ3) is 5.12. The fraction of sp³-hybridized carbons (Fsp3) is 0.933. The maximum atomic E-state index is 11.7. The van der Waals surface area contributed by atoms with Crippen LogP contribution < -0.4 is 10.6 Å². The van der Waals surface area contributed by atoms with Gasteiger partial charge in [-0.2, -0.15) is 0 Å². The molecule has 6 nitrogen and oxygen atoms in total. The molecule has 0 spiro atoms. The normalized spacial score (nSPS) is 18.7. The highest BCUT2D eigenvalue weighted by Crippen LogP contribution is 2.43. The second-order valence-corrected chi connectivity index (χ2v) is 9.56. The second kappa shape index (κ2) is 7.64. The smallest absolute Gasteiger partial charge is 0.191 e. The number of nitrogens with one attached hydrogen (secondary N) is 2. The Hall–Kier alpha value is -0.820. The second-order valence-electron chi connectivity index (χ2n) is 6.91. The SMILES string of the molecule is CN=C(NCC1(CCOC)CCC1)NCC(C)(C)S(C)(=O)=O. The molecule has 1 fully saturated rings. The highest BCUT2D eigenvalue weighted by Gasteiger charge is 2.36. The molecule has 0 amide bonds. The fourth-order valence-corrected chi connectivity index (χ4v) is 2.76. The minimum atomic E-state index is -3.12. The van der Waals surface area contributed by atoms with Crippen LogP contribution in [0.15, 0.2) is 4.99 Å². The van der Waals surface area contributed by atoms with Crippen LogP contribution in [0.5, 0.6) is 0 Å². The highest BCUT2D eigenvalue weighted by atomic mass is 32.2. The van der Waals surface area contributed by atoms with E-state index < -0.39 is 14.6 Å². The molecule has 1 aliphatic rings. The number of ether oxygens (including phenoxy) is 1. The van der Waals surface area contributed by atoms with Gasteiger partial charge in [-0.3, -0.25) is 4.99 Å². The Morgan fingerprint density at radius 2 is 1.95 bits per heavy atom. The van der Waals surface area contributed by atoms with Crippen molar-refractivity contribution in [2.45, 2.75) is 44.3 Å². The molecule has 7 heteroatoms. The predicted octanol–water partition coefficient (Wildman–Crippen LogP) is 1.18. The topological polar surface area (TPSA) is 79.8 Å². The summed E-state index contributed by atoms with van der Waals surface area (Å²) in [5.74, 6) is 0.653. The molecule has 0 saturated heterocycles. The minimum Gasteiger partial charge on any atom is -0.385 e. The molecule has 1 aliphatic carbocycles. The molecule has 22 heavy (non-hydrogen) atoms. The summed E-state index contributed by atoms with van der Waals surface area (Å²) in [7, 11) is 0.313. The number of sulfone groups is 1. The van der Waals surface area contributed by atoms with Gasteiger partial charge in [0.2, 0.25) is 0 Å². The van der Waals surface area contributed by atoms with Crippen molar-refractivity contribution < 1.29 is 13.2 Å². The van der Waals surface area contributed by atoms with Crippen molar-refractivity contribution in [3.63, 3.8) is 0 Å². The monoisotopic (exact) mass is 333 g/mol. The van der Waals surface area contributed by atoms with Gasteiger partial charge in [0.1, 0.15) is 0 Å². The van der Waals surface area contributed by atoms with Gasteiger partial charge in [0, 0.05) is 40.1 Å². The summed E-state index contributed by atoms with van der Waals surface area (Å²) in [5.41, 5.74) is 0.292. The van der Waals surface area contributed by atoms with Gasteiger partial charge in [-0.1, -0.05) is 6.42 Å². The molecule has 0 aromatic rings. The van der Waals surface area contributed by atoms with Gasteiger partial charge < -0.3 is 15.4 Å². The lowest BCUT2D eigenvalue weighted by atomic mass is 9.67. The molecule has 0 heterocycles. The van der Waals surface area contributed by atoms with Gasteiger partial charge in [0.15, 0.2) is 15.8 Å². The predicted molar refractivity (Wildman–Crippen MR) is 91.1 cm³/mol. The average molecular weight is 333 g/mol. The zero-order valence-electron chi connectivity index (χ0n) is 14.5. The third-order valence-corrected chi connectivity index (χ3v) is 6.94. The quantitative estimate of drug-likeness (QED) is 0.515. The van der Waals surface area contributed by atoms with E-state index in [4.69, 9.17) is 4.74 Å². The molecule has 0 aromatic heterocycles. The summed E-state index contributed by atoms with van der Waals surface area (Å²) in [6.07, 6.45) is 5.98. The number of nitrogens with zero attached hydrogens (tertiary/aromatic N) is 1. The summed E-state index contributed by atoms with van der Waals surface area (Å²) in [6, 6.07) is 0. The number of guanidine groups is 1. The van der Waals surface area contributed by atoms with Crippen molar-refractivity contribution in [2.24, 2.45) is 10.4 Å². The zero-order chi connectivity index (χ0) is 16.9. The summed E-state index contributed by atoms with van der Waals surface area (Å²) in [4.78, 5) is 4.18. The minimum absolute atomic E-state index is 0.292. The van der Waals surface area contributed by atoms with E-state index >= 15 is 0 Å². The van der Waals surface area contributed by atoms with E-state index in [1.807, 2.05) is 0 Å². The van der Waals surface area contributed by atoms with Crippen LogP contribution in [-0.4, -0.2) is 59.2 Å². The van der Waals surface area contributed by atoms with Crippen LogP contribution in [0.4, 0.5) is 0 Å². The molecule has 1 rings (SSSR count). The molecule has 0 radical (unpaired) electrons. The zero-order valence-corrected chi connectivity index (χ0v) is 15.3. The first-order valence-electron chi connectivity index (χ1n) is 7.79. The lowest BCUT2D eigenvalue weighted by Crippen LogP contribution is -2.51. The van der Waals surface area contributed by atoms with Gasteiger partial charge in [0.05, 0.1) is 4.75 Å². The fourth-order valence-electron chi connectivity index (χ4n) is 2.43. The van der Waals surface area contributed by atoms with Crippen molar-refractivity contribution >= 4 is 15.8 Å². The summed E-state index contributed by atoms with van der Waals surface area (Å²) < 4.78 is 27.8. The number of methoxy groups -OCH3 is 1. The van der Waals surface area contributed by atoms with Gasteiger partial charge in [0.25, 0.3) is 0 Å². The van der Waals surface area contributed by atoms with E-state index in [9.17, 15) is 8.42 Å². The summed E-state index contributed by atoms with van der Waals surface area (Å²) in [5, 5.41) is 6.46. The molecule has 2 N–H and O–H groups in total. The largest absolute Gasteiger partial charge is 0.385 e. The average Bonchev–Trinajstić information content (AvgIpc) is 2.39. The molecule has 1 saturated carbocycles. The van der Waals surface area contributed by atoms with E-state index in [1.54, 1.807) is 28.0 Å². The molecule has 0 bridgehead atoms. The van der Waals surface area contributed by atoms with Gasteiger partial charge in [-0.25, -0.2) is 8.42 Å². The maximum absolute atomic E-state index is 11.7. The van der Waals surface area contributed by atoms with E-state index in [0.717, 1.165) is 19.6 Å². The maximum Gasteiger partial charge on any atom is 0.191 e. The lowest BCUT2D eigenvalue weighted by molar-refractivity contribution is 0.0732. The van der Waals surface area contributed by atoms with Crippen molar-refractivity contribution in [1.82, 2.24) is 10.6 Å². The van der Waals surface area contributed by atoms with Gasteiger partial charge in [-0.05, 0) is 38.5 Å². The van der Waals surface area contributed by atoms with E-state index in [1.165, 1.54) is 25.5 Å². The first-order chi connectivity index (χ1) is 10.2. The van der Waals surface area contributed by atoms with Crippen LogP contribution in [0.2, 0.25) is 0 Å². The van der Waals surface area contributed by atoms with Crippen LogP contribution in [-0.2, 0) is 14.6 Å². The third-order valence-electron chi connectivity index (χ3n) is 4.79. The van der Waals surface area contributed by atoms with Gasteiger partial charge >= 0.3 is 0 Å². The Balaban J connectivity index is 2.49. The molecular formula is C15H31N3O3S. The first-order valence-corrected chi connectivity index (χ1v) is 9.68. The lowest BCUT2D eigenvalue weighted by Gasteiger charge is -2.42. The van der Waals surface area contributed by atoms with Crippen LogP contribution >= 0.6 is 0 Å². The Morgan fingerprint density at radius 3 is 2.36 bits per heavy atom. The molecular weight excluding hydrogens is 302 g/mol. The highest BCUT2D eigenvalue weighted by molar-refractivity contribution is 7.92. The van der Waals surface area contributed by atoms with E-state index in [2.05, 4.69) is 15.6 Å². The molecule has 130 valence electrons. The van der Waals surface area contributed by atoms with Crippen LogP contribution in [0.1, 0.15) is 39.5 Å². The Bertz CT molecular complexity index is 482. The molecule has 0 unspecified atom stereocenters. The Morgan fingerprint density at radius 1 is 1.32 bits per heavy atom. The number of aliphatic imine (C=N–C) groups is 1.